The fourth-order valence-corrected chi connectivity index (χ4v) is 1.91. The highest BCUT2D eigenvalue weighted by Crippen LogP contribution is 2.17. The van der Waals surface area contributed by atoms with Crippen LogP contribution in [0.15, 0.2) is 0 Å². The first-order valence-corrected chi connectivity index (χ1v) is 7.85. The largest absolute Gasteiger partial charge is 0.352 e. The number of amides is 1. The minimum absolute atomic E-state index is 0.114. The van der Waals surface area contributed by atoms with Gasteiger partial charge in [-0.3, -0.25) is 4.79 Å². The number of hydrogen-bond donors (Lipinski definition) is 2. The number of anilines is 3. The van der Waals surface area contributed by atoms with E-state index >= 15 is 0 Å². The monoisotopic (exact) mass is 334 g/mol. The molecule has 1 aromatic rings. The molecule has 0 aliphatic heterocycles. The smallest absolute Gasteiger partial charge is 0.246 e. The van der Waals surface area contributed by atoms with Crippen molar-refractivity contribution < 1.29 is 4.79 Å². The molecular weight excluding hydrogens is 308 g/mol. The van der Waals surface area contributed by atoms with Gasteiger partial charge in [0.25, 0.3) is 0 Å². The molecule has 1 heterocycles. The normalized spacial score (nSPS) is 11.8. The van der Waals surface area contributed by atoms with Crippen molar-refractivity contribution in [2.24, 2.45) is 0 Å². The molecule has 0 aliphatic rings. The van der Waals surface area contributed by atoms with E-state index in [-0.39, 0.29) is 23.9 Å². The summed E-state index contributed by atoms with van der Waals surface area (Å²) in [7, 11) is 3.28. The maximum Gasteiger partial charge on any atom is 0.246 e. The van der Waals surface area contributed by atoms with Gasteiger partial charge in [0.15, 0.2) is 6.19 Å². The summed E-state index contributed by atoms with van der Waals surface area (Å²) in [4.78, 5) is 27.6. The summed E-state index contributed by atoms with van der Waals surface area (Å²) in [5.74, 6) is 0.612. The number of rotatable bonds is 7. The van der Waals surface area contributed by atoms with Crippen molar-refractivity contribution in [1.29, 1.82) is 5.26 Å². The van der Waals surface area contributed by atoms with Gasteiger partial charge in [0.1, 0.15) is 6.04 Å². The molecular formula is C15H26N8O. The van der Waals surface area contributed by atoms with Crippen LogP contribution in [0.2, 0.25) is 0 Å². The zero-order valence-electron chi connectivity index (χ0n) is 15.3. The maximum atomic E-state index is 12.2. The van der Waals surface area contributed by atoms with Gasteiger partial charge < -0.3 is 15.5 Å². The van der Waals surface area contributed by atoms with Gasteiger partial charge in [-0.25, -0.2) is 4.90 Å². The molecule has 132 valence electrons. The van der Waals surface area contributed by atoms with Crippen LogP contribution in [0.5, 0.6) is 0 Å². The van der Waals surface area contributed by atoms with E-state index in [0.717, 1.165) is 0 Å². The number of aromatic nitrogens is 3. The van der Waals surface area contributed by atoms with Crippen LogP contribution < -0.4 is 15.5 Å². The van der Waals surface area contributed by atoms with Crippen LogP contribution >= 0.6 is 0 Å². The Morgan fingerprint density at radius 3 is 1.79 bits per heavy atom. The SMILES string of the molecule is CC(C)Nc1nc(NC(C)C)nc(N(C#N)[C@@H](C)C(=O)N(C)C)n1. The van der Waals surface area contributed by atoms with Crippen molar-refractivity contribution in [3.8, 4) is 6.19 Å². The lowest BCUT2D eigenvalue weighted by molar-refractivity contribution is -0.129. The van der Waals surface area contributed by atoms with Gasteiger partial charge in [0.2, 0.25) is 23.8 Å². The second-order valence-corrected chi connectivity index (χ2v) is 6.26. The molecule has 0 fully saturated rings. The molecule has 9 nitrogen and oxygen atoms in total. The highest BCUT2D eigenvalue weighted by atomic mass is 16.2. The summed E-state index contributed by atoms with van der Waals surface area (Å²) >= 11 is 0. The average Bonchev–Trinajstić information content (AvgIpc) is 2.45. The third-order valence-corrected chi connectivity index (χ3v) is 2.97. The molecule has 24 heavy (non-hydrogen) atoms. The van der Waals surface area contributed by atoms with Crippen LogP contribution in [0.4, 0.5) is 17.8 Å². The number of nitrogens with one attached hydrogen (secondary N) is 2. The first-order chi connectivity index (χ1) is 11.1. The molecule has 0 aromatic carbocycles. The van der Waals surface area contributed by atoms with E-state index in [1.54, 1.807) is 21.0 Å². The van der Waals surface area contributed by atoms with Crippen molar-refractivity contribution in [3.63, 3.8) is 0 Å². The van der Waals surface area contributed by atoms with E-state index in [1.165, 1.54) is 9.80 Å². The Kier molecular flexibility index (Phi) is 6.70. The number of hydrogen-bond acceptors (Lipinski definition) is 8. The Balaban J connectivity index is 3.27. The molecule has 0 saturated carbocycles. The Hall–Kier alpha value is -2.63. The van der Waals surface area contributed by atoms with Gasteiger partial charge >= 0.3 is 0 Å². The standard InChI is InChI=1S/C15H26N8O/c1-9(2)17-13-19-14(18-10(3)4)21-15(20-13)23(8-16)11(5)12(24)22(6)7/h9-11H,1-7H3,(H2,17,18,19,20,21)/t11-/m0/s1. The van der Waals surface area contributed by atoms with Gasteiger partial charge in [0, 0.05) is 26.2 Å². The lowest BCUT2D eigenvalue weighted by Gasteiger charge is -2.24. The fraction of sp³-hybridized carbons (Fsp3) is 0.667. The Morgan fingerprint density at radius 2 is 1.46 bits per heavy atom. The Labute approximate surface area is 143 Å². The summed E-state index contributed by atoms with van der Waals surface area (Å²) in [6.07, 6.45) is 1.99. The van der Waals surface area contributed by atoms with E-state index in [2.05, 4.69) is 25.6 Å². The minimum atomic E-state index is -0.716. The summed E-state index contributed by atoms with van der Waals surface area (Å²) in [6.45, 7) is 9.47. The maximum absolute atomic E-state index is 12.2. The Bertz CT molecular complexity index is 580. The molecule has 1 atom stereocenters. The third kappa shape index (κ3) is 5.22. The number of nitriles is 1. The summed E-state index contributed by atoms with van der Waals surface area (Å²) < 4.78 is 0. The first-order valence-electron chi connectivity index (χ1n) is 7.85. The van der Waals surface area contributed by atoms with Gasteiger partial charge in [-0.1, -0.05) is 0 Å². The minimum Gasteiger partial charge on any atom is -0.352 e. The molecule has 0 bridgehead atoms. The van der Waals surface area contributed by atoms with Crippen molar-refractivity contribution >= 4 is 23.8 Å². The lowest BCUT2D eigenvalue weighted by atomic mass is 10.3. The van der Waals surface area contributed by atoms with Crippen molar-refractivity contribution in [1.82, 2.24) is 19.9 Å². The van der Waals surface area contributed by atoms with E-state index in [1.807, 2.05) is 33.9 Å². The molecule has 9 heteroatoms. The van der Waals surface area contributed by atoms with Crippen LogP contribution in [0.1, 0.15) is 34.6 Å². The van der Waals surface area contributed by atoms with Gasteiger partial charge in [-0.2, -0.15) is 20.2 Å². The summed E-state index contributed by atoms with van der Waals surface area (Å²) in [5.41, 5.74) is 0. The van der Waals surface area contributed by atoms with Gasteiger partial charge in [-0.05, 0) is 34.6 Å². The molecule has 0 aliphatic carbocycles. The third-order valence-electron chi connectivity index (χ3n) is 2.97. The average molecular weight is 334 g/mol. The highest BCUT2D eigenvalue weighted by Gasteiger charge is 2.26. The fourth-order valence-electron chi connectivity index (χ4n) is 1.91. The second kappa shape index (κ2) is 8.29. The summed E-state index contributed by atoms with van der Waals surface area (Å²) in [6, 6.07) is -0.488. The van der Waals surface area contributed by atoms with E-state index < -0.39 is 6.04 Å². The number of carbonyl (C=O) groups is 1. The highest BCUT2D eigenvalue weighted by molar-refractivity contribution is 5.84. The molecule has 1 aromatic heterocycles. The zero-order valence-corrected chi connectivity index (χ0v) is 15.3. The molecule has 2 N–H and O–H groups in total. The zero-order chi connectivity index (χ0) is 18.4. The van der Waals surface area contributed by atoms with Crippen LogP contribution in [-0.2, 0) is 4.79 Å². The predicted octanol–water partition coefficient (Wildman–Crippen LogP) is 1.28. The Morgan fingerprint density at radius 1 is 1.00 bits per heavy atom. The number of likely N-dealkylation sites (N-methyl/N-ethyl adjacent to an activating group) is 1. The van der Waals surface area contributed by atoms with Crippen LogP contribution in [0, 0.1) is 11.5 Å². The predicted molar refractivity (Wildman–Crippen MR) is 93.6 cm³/mol. The summed E-state index contributed by atoms with van der Waals surface area (Å²) in [5, 5.41) is 15.7. The first kappa shape index (κ1) is 19.4. The molecule has 1 amide bonds. The molecule has 0 saturated heterocycles. The number of nitrogens with zero attached hydrogens (tertiary/aromatic N) is 6. The van der Waals surface area contributed by atoms with E-state index in [9.17, 15) is 10.1 Å². The lowest BCUT2D eigenvalue weighted by Crippen LogP contribution is -2.43. The quantitative estimate of drug-likeness (QED) is 0.567. The molecule has 0 unspecified atom stereocenters. The second-order valence-electron chi connectivity index (χ2n) is 6.26. The van der Waals surface area contributed by atoms with Gasteiger partial charge in [-0.15, -0.1) is 0 Å². The van der Waals surface area contributed by atoms with Gasteiger partial charge in [0.05, 0.1) is 0 Å². The van der Waals surface area contributed by atoms with E-state index in [4.69, 9.17) is 0 Å². The van der Waals surface area contributed by atoms with Crippen molar-refractivity contribution in [3.05, 3.63) is 0 Å². The molecule has 0 spiro atoms. The number of carbonyl (C=O) groups excluding carboxylic acids is 1. The van der Waals surface area contributed by atoms with Crippen molar-refractivity contribution in [2.45, 2.75) is 52.7 Å². The topological polar surface area (TPSA) is 110 Å². The van der Waals surface area contributed by atoms with Crippen LogP contribution in [-0.4, -0.2) is 58.0 Å². The van der Waals surface area contributed by atoms with Crippen molar-refractivity contribution in [2.75, 3.05) is 29.6 Å². The van der Waals surface area contributed by atoms with E-state index in [0.29, 0.717) is 11.9 Å². The molecule has 0 radical (unpaired) electrons. The van der Waals surface area contributed by atoms with Crippen LogP contribution in [0.25, 0.3) is 0 Å². The molecule has 1 rings (SSSR count). The van der Waals surface area contributed by atoms with Crippen LogP contribution in [0.3, 0.4) is 0 Å².